The van der Waals surface area contributed by atoms with Gasteiger partial charge in [0, 0.05) is 31.6 Å². The molecule has 0 saturated heterocycles. The Morgan fingerprint density at radius 3 is 2.91 bits per heavy atom. The molecule has 9 nitrogen and oxygen atoms in total. The van der Waals surface area contributed by atoms with Crippen molar-refractivity contribution in [1.82, 2.24) is 25.1 Å². The van der Waals surface area contributed by atoms with E-state index in [9.17, 15) is 14.4 Å². The average molecular weight is 305 g/mol. The maximum absolute atomic E-state index is 11.9. The molecule has 2 aromatic rings. The van der Waals surface area contributed by atoms with E-state index in [-0.39, 0.29) is 30.4 Å². The summed E-state index contributed by atoms with van der Waals surface area (Å²) in [6.07, 6.45) is 4.97. The van der Waals surface area contributed by atoms with Gasteiger partial charge < -0.3 is 10.1 Å². The maximum Gasteiger partial charge on any atom is 0.305 e. The fourth-order valence-electron chi connectivity index (χ4n) is 1.69. The SMILES string of the molecule is COC(=O)CCCNC(=O)c1cnc(-n2cccn2)[nH]c1=O. The van der Waals surface area contributed by atoms with E-state index in [0.717, 1.165) is 0 Å². The summed E-state index contributed by atoms with van der Waals surface area (Å²) in [5.41, 5.74) is -0.667. The Hall–Kier alpha value is -2.97. The van der Waals surface area contributed by atoms with Crippen LogP contribution >= 0.6 is 0 Å². The molecule has 2 aromatic heterocycles. The molecule has 0 unspecified atom stereocenters. The predicted octanol–water partition coefficient (Wildman–Crippen LogP) is -0.361. The Morgan fingerprint density at radius 2 is 2.27 bits per heavy atom. The highest BCUT2D eigenvalue weighted by atomic mass is 16.5. The summed E-state index contributed by atoms with van der Waals surface area (Å²) >= 11 is 0. The van der Waals surface area contributed by atoms with Crippen LogP contribution in [0.25, 0.3) is 5.95 Å². The molecule has 2 N–H and O–H groups in total. The third-order valence-corrected chi connectivity index (χ3v) is 2.82. The number of ether oxygens (including phenoxy) is 1. The zero-order valence-corrected chi connectivity index (χ0v) is 11.9. The monoisotopic (exact) mass is 305 g/mol. The molecule has 1 amide bonds. The van der Waals surface area contributed by atoms with Gasteiger partial charge in [-0.15, -0.1) is 0 Å². The molecule has 9 heteroatoms. The molecule has 0 atom stereocenters. The number of hydrogen-bond acceptors (Lipinski definition) is 6. The summed E-state index contributed by atoms with van der Waals surface area (Å²) in [7, 11) is 1.30. The second-order valence-electron chi connectivity index (χ2n) is 4.34. The van der Waals surface area contributed by atoms with Gasteiger partial charge in [0.05, 0.1) is 7.11 Å². The minimum Gasteiger partial charge on any atom is -0.469 e. The van der Waals surface area contributed by atoms with Crippen molar-refractivity contribution >= 4 is 11.9 Å². The first-order valence-electron chi connectivity index (χ1n) is 6.56. The summed E-state index contributed by atoms with van der Waals surface area (Å²) in [4.78, 5) is 41.1. The predicted molar refractivity (Wildman–Crippen MR) is 75.6 cm³/mol. The molecule has 0 aromatic carbocycles. The van der Waals surface area contributed by atoms with Crippen LogP contribution in [-0.2, 0) is 9.53 Å². The summed E-state index contributed by atoms with van der Waals surface area (Å²) < 4.78 is 5.86. The number of methoxy groups -OCH3 is 1. The Kier molecular flexibility index (Phi) is 5.02. The molecule has 0 radical (unpaired) electrons. The van der Waals surface area contributed by atoms with Crippen molar-refractivity contribution in [1.29, 1.82) is 0 Å². The van der Waals surface area contributed by atoms with E-state index in [4.69, 9.17) is 0 Å². The van der Waals surface area contributed by atoms with Gasteiger partial charge in [0.1, 0.15) is 5.56 Å². The van der Waals surface area contributed by atoms with E-state index in [0.29, 0.717) is 6.42 Å². The number of nitrogens with zero attached hydrogens (tertiary/aromatic N) is 3. The number of hydrogen-bond donors (Lipinski definition) is 2. The standard InChI is InChI=1S/C13H15N5O4/c1-22-10(19)4-2-5-14-11(20)9-8-15-13(17-12(9)21)18-7-3-6-16-18/h3,6-8H,2,4-5H2,1H3,(H,14,20)(H,15,17,21). The summed E-state index contributed by atoms with van der Waals surface area (Å²) in [6.45, 7) is 0.258. The van der Waals surface area contributed by atoms with Gasteiger partial charge in [0.15, 0.2) is 0 Å². The summed E-state index contributed by atoms with van der Waals surface area (Å²) in [5.74, 6) is -0.680. The third kappa shape index (κ3) is 3.78. The Balaban J connectivity index is 1.96. The molecule has 2 heterocycles. The van der Waals surface area contributed by atoms with Crippen molar-refractivity contribution < 1.29 is 14.3 Å². The van der Waals surface area contributed by atoms with Gasteiger partial charge in [-0.2, -0.15) is 5.10 Å². The smallest absolute Gasteiger partial charge is 0.305 e. The highest BCUT2D eigenvalue weighted by Gasteiger charge is 2.12. The number of H-pyrrole nitrogens is 1. The number of esters is 1. The Bertz CT molecular complexity index is 707. The summed E-state index contributed by atoms with van der Waals surface area (Å²) in [6, 6.07) is 1.68. The molecule has 0 spiro atoms. The van der Waals surface area contributed by atoms with Gasteiger partial charge in [-0.25, -0.2) is 9.67 Å². The number of carbonyl (C=O) groups excluding carboxylic acids is 2. The van der Waals surface area contributed by atoms with Crippen LogP contribution < -0.4 is 10.9 Å². The molecule has 0 aliphatic heterocycles. The van der Waals surface area contributed by atoms with E-state index >= 15 is 0 Å². The number of rotatable bonds is 6. The van der Waals surface area contributed by atoms with Crippen LogP contribution in [0.2, 0.25) is 0 Å². The van der Waals surface area contributed by atoms with E-state index < -0.39 is 11.5 Å². The lowest BCUT2D eigenvalue weighted by molar-refractivity contribution is -0.140. The molecule has 22 heavy (non-hydrogen) atoms. The zero-order valence-electron chi connectivity index (χ0n) is 11.9. The van der Waals surface area contributed by atoms with Gasteiger partial charge in [0.2, 0.25) is 5.95 Å². The van der Waals surface area contributed by atoms with Gasteiger partial charge in [-0.1, -0.05) is 0 Å². The van der Waals surface area contributed by atoms with Crippen LogP contribution in [0.1, 0.15) is 23.2 Å². The van der Waals surface area contributed by atoms with E-state index in [1.165, 1.54) is 18.0 Å². The number of nitrogens with one attached hydrogen (secondary N) is 2. The first-order valence-corrected chi connectivity index (χ1v) is 6.56. The van der Waals surface area contributed by atoms with Gasteiger partial charge >= 0.3 is 5.97 Å². The molecule has 0 fully saturated rings. The quantitative estimate of drug-likeness (QED) is 0.555. The first kappa shape index (κ1) is 15.4. The number of amides is 1. The lowest BCUT2D eigenvalue weighted by Crippen LogP contribution is -2.31. The van der Waals surface area contributed by atoms with Crippen molar-refractivity contribution in [2.75, 3.05) is 13.7 Å². The molecule has 2 rings (SSSR count). The van der Waals surface area contributed by atoms with Crippen LogP contribution in [0.15, 0.2) is 29.5 Å². The number of carbonyl (C=O) groups is 2. The molecular formula is C13H15N5O4. The first-order chi connectivity index (χ1) is 10.6. The van der Waals surface area contributed by atoms with Gasteiger partial charge in [-0.3, -0.25) is 19.4 Å². The van der Waals surface area contributed by atoms with E-state index in [1.807, 2.05) is 0 Å². The van der Waals surface area contributed by atoms with Crippen molar-refractivity contribution in [3.05, 3.63) is 40.6 Å². The highest BCUT2D eigenvalue weighted by molar-refractivity contribution is 5.93. The average Bonchev–Trinajstić information content (AvgIpc) is 3.05. The highest BCUT2D eigenvalue weighted by Crippen LogP contribution is 1.97. The van der Waals surface area contributed by atoms with Crippen LogP contribution in [0.4, 0.5) is 0 Å². The molecule has 0 aliphatic carbocycles. The number of aromatic nitrogens is 4. The van der Waals surface area contributed by atoms with Gasteiger partial charge in [0.25, 0.3) is 11.5 Å². The second-order valence-corrected chi connectivity index (χ2v) is 4.34. The van der Waals surface area contributed by atoms with Crippen LogP contribution in [0.5, 0.6) is 0 Å². The van der Waals surface area contributed by atoms with Gasteiger partial charge in [-0.05, 0) is 12.5 Å². The number of aromatic amines is 1. The van der Waals surface area contributed by atoms with Crippen LogP contribution in [0.3, 0.4) is 0 Å². The molecule has 0 aliphatic rings. The van der Waals surface area contributed by atoms with E-state index in [1.54, 1.807) is 18.5 Å². The lowest BCUT2D eigenvalue weighted by Gasteiger charge is -2.05. The van der Waals surface area contributed by atoms with Crippen molar-refractivity contribution in [3.63, 3.8) is 0 Å². The Morgan fingerprint density at radius 1 is 1.45 bits per heavy atom. The fraction of sp³-hybridized carbons (Fsp3) is 0.308. The lowest BCUT2D eigenvalue weighted by atomic mass is 10.3. The largest absolute Gasteiger partial charge is 0.469 e. The minimum atomic E-state index is -0.564. The van der Waals surface area contributed by atoms with Crippen molar-refractivity contribution in [3.8, 4) is 5.95 Å². The van der Waals surface area contributed by atoms with Crippen molar-refractivity contribution in [2.24, 2.45) is 0 Å². The normalized spacial score (nSPS) is 10.2. The second kappa shape index (κ2) is 7.16. The topological polar surface area (TPSA) is 119 Å². The summed E-state index contributed by atoms with van der Waals surface area (Å²) in [5, 5.41) is 6.47. The minimum absolute atomic E-state index is 0.103. The van der Waals surface area contributed by atoms with Crippen LogP contribution in [-0.4, -0.2) is 45.3 Å². The van der Waals surface area contributed by atoms with Crippen LogP contribution in [0, 0.1) is 0 Å². The molecule has 0 bridgehead atoms. The molecule has 0 saturated carbocycles. The molecular weight excluding hydrogens is 290 g/mol. The molecule has 116 valence electrons. The zero-order chi connectivity index (χ0) is 15.9. The van der Waals surface area contributed by atoms with Crippen molar-refractivity contribution in [2.45, 2.75) is 12.8 Å². The van der Waals surface area contributed by atoms with E-state index in [2.05, 4.69) is 25.1 Å². The fourth-order valence-corrected chi connectivity index (χ4v) is 1.69. The Labute approximate surface area is 125 Å². The maximum atomic E-state index is 11.9. The third-order valence-electron chi connectivity index (χ3n) is 2.82.